The first kappa shape index (κ1) is 33.1. The molecule has 187 valence electrons. The van der Waals surface area contributed by atoms with Crippen molar-refractivity contribution in [2.75, 3.05) is 0 Å². The molecule has 0 unspecified atom stereocenters. The summed E-state index contributed by atoms with van der Waals surface area (Å²) in [7, 11) is 0. The van der Waals surface area contributed by atoms with Gasteiger partial charge in [0, 0.05) is 12.2 Å². The monoisotopic (exact) mass is 629 g/mol. The van der Waals surface area contributed by atoms with Crippen molar-refractivity contribution in [2.24, 2.45) is 0 Å². The molecule has 0 saturated heterocycles. The van der Waals surface area contributed by atoms with Gasteiger partial charge in [-0.05, 0) is 47.1 Å². The zero-order chi connectivity index (χ0) is 26.9. The zero-order valence-corrected chi connectivity index (χ0v) is 22.3. The number of carboxylic acid groups (broad SMARTS) is 3. The normalized spacial score (nSPS) is 10.1. The smallest absolute Gasteiger partial charge is 0.872 e. The Bertz CT molecular complexity index is 1060. The molecule has 10 heteroatoms. The van der Waals surface area contributed by atoms with Gasteiger partial charge in [0.25, 0.3) is 0 Å². The number of phenolic OH excluding ortho intramolecular Hbond substituents is 1. The van der Waals surface area contributed by atoms with Crippen LogP contribution in [-0.4, -0.2) is 33.2 Å². The summed E-state index contributed by atoms with van der Waals surface area (Å²) in [6.07, 6.45) is 7.25. The third-order valence-electron chi connectivity index (χ3n) is 3.90. The molecule has 0 amide bonds. The first-order valence-electron chi connectivity index (χ1n) is 10.1. The van der Waals surface area contributed by atoms with Gasteiger partial charge in [-0.1, -0.05) is 66.7 Å². The van der Waals surface area contributed by atoms with Crippen LogP contribution in [0.2, 0.25) is 0 Å². The minimum absolute atomic E-state index is 0. The van der Waals surface area contributed by atoms with Gasteiger partial charge >= 0.3 is 53.7 Å². The number of hydrogen-bond donors (Lipinski definition) is 3. The Morgan fingerprint density at radius 3 is 1.16 bits per heavy atom. The van der Waals surface area contributed by atoms with E-state index in [-0.39, 0.29) is 59.0 Å². The molecule has 0 atom stereocenters. The van der Waals surface area contributed by atoms with Crippen molar-refractivity contribution in [1.82, 2.24) is 0 Å². The second-order valence-corrected chi connectivity index (χ2v) is 6.73. The summed E-state index contributed by atoms with van der Waals surface area (Å²) in [4.78, 5) is 30.2. The maximum Gasteiger partial charge on any atom is 3.00 e. The summed E-state index contributed by atoms with van der Waals surface area (Å²) >= 11 is 0. The number of carboxylic acids is 3. The van der Waals surface area contributed by atoms with E-state index in [9.17, 15) is 29.7 Å². The Kier molecular flexibility index (Phi) is 16.4. The molecular formula is C27H21CeO9. The zero-order valence-electron chi connectivity index (χ0n) is 19.2. The van der Waals surface area contributed by atoms with Gasteiger partial charge < -0.3 is 35.4 Å². The molecule has 3 N–H and O–H groups in total. The van der Waals surface area contributed by atoms with Crippen molar-refractivity contribution in [3.8, 4) is 17.2 Å². The van der Waals surface area contributed by atoms with Crippen LogP contribution < -0.4 is 15.3 Å². The fraction of sp³-hybridized carbons (Fsp3) is 0. The summed E-state index contributed by atoms with van der Waals surface area (Å²) < 4.78 is 0. The van der Waals surface area contributed by atoms with E-state index >= 15 is 0 Å². The van der Waals surface area contributed by atoms with Crippen molar-refractivity contribution in [1.29, 1.82) is 0 Å². The van der Waals surface area contributed by atoms with Crippen LogP contribution in [0.25, 0.3) is 18.2 Å². The Balaban J connectivity index is 0.000000518. The van der Waals surface area contributed by atoms with E-state index in [0.717, 1.165) is 23.8 Å². The predicted octanol–water partition coefficient (Wildman–Crippen LogP) is 1.87. The molecule has 37 heavy (non-hydrogen) atoms. The van der Waals surface area contributed by atoms with E-state index in [1.54, 1.807) is 36.4 Å². The molecule has 0 saturated carbocycles. The minimum Gasteiger partial charge on any atom is -0.872 e. The molecule has 0 aliphatic carbocycles. The average molecular weight is 630 g/mol. The Labute approximate surface area is 246 Å². The maximum atomic E-state index is 10.6. The Morgan fingerprint density at radius 1 is 0.568 bits per heavy atom. The first-order chi connectivity index (χ1) is 17.0. The third-order valence-corrected chi connectivity index (χ3v) is 3.90. The summed E-state index contributed by atoms with van der Waals surface area (Å²) in [6, 6.07) is 18.0. The SMILES string of the molecule is O=C(O)/C=C/c1ccc(O)cc1.O=C(O)/C=C/c1ccc([O-])cc1.O=C([O-])/C=C/c1ccc([O-])cc1.[Ce+3]. The number of aliphatic carboxylic acids is 3. The second kappa shape index (κ2) is 18.4. The second-order valence-electron chi connectivity index (χ2n) is 6.73. The van der Waals surface area contributed by atoms with Crippen molar-refractivity contribution < 1.29 is 86.8 Å². The quantitative estimate of drug-likeness (QED) is 0.343. The molecule has 0 fully saturated rings. The molecule has 9 nitrogen and oxygen atoms in total. The Morgan fingerprint density at radius 2 is 0.865 bits per heavy atom. The van der Waals surface area contributed by atoms with Crippen molar-refractivity contribution >= 4 is 36.1 Å². The van der Waals surface area contributed by atoms with Crippen molar-refractivity contribution in [3.05, 3.63) is 108 Å². The van der Waals surface area contributed by atoms with E-state index in [1.807, 2.05) is 0 Å². The predicted molar refractivity (Wildman–Crippen MR) is 127 cm³/mol. The van der Waals surface area contributed by atoms with Crippen LogP contribution >= 0.6 is 0 Å². The van der Waals surface area contributed by atoms with E-state index in [4.69, 9.17) is 15.3 Å². The standard InChI is InChI=1S/3C9H8O3.Ce/c3*10-8-4-1-7(2-5-8)3-6-9(11)12;/h3*1-6,10H,(H,11,12);/q;;;+3/p-3/b3*6-3+;. The van der Waals surface area contributed by atoms with Gasteiger partial charge in [0.1, 0.15) is 5.75 Å². The van der Waals surface area contributed by atoms with Gasteiger partial charge in [-0.15, -0.1) is 11.5 Å². The average Bonchev–Trinajstić information content (AvgIpc) is 2.84. The van der Waals surface area contributed by atoms with Crippen LogP contribution in [-0.2, 0) is 14.4 Å². The summed E-state index contributed by atoms with van der Waals surface area (Å²) in [5.41, 5.74) is 2.12. The molecule has 3 aromatic rings. The van der Waals surface area contributed by atoms with Gasteiger partial charge in [-0.25, -0.2) is 9.59 Å². The van der Waals surface area contributed by atoms with Crippen LogP contribution in [0.1, 0.15) is 16.7 Å². The number of carbonyl (C=O) groups is 3. The van der Waals surface area contributed by atoms with Gasteiger partial charge in [0.05, 0.1) is 5.97 Å². The van der Waals surface area contributed by atoms with Crippen molar-refractivity contribution in [3.63, 3.8) is 0 Å². The molecule has 0 spiro atoms. The molecule has 0 heterocycles. The van der Waals surface area contributed by atoms with E-state index in [2.05, 4.69) is 0 Å². The summed E-state index contributed by atoms with van der Waals surface area (Å²) in [6.45, 7) is 0. The van der Waals surface area contributed by atoms with Gasteiger partial charge in [-0.3, -0.25) is 0 Å². The number of aromatic hydroxyl groups is 1. The molecule has 3 rings (SSSR count). The molecule has 0 bridgehead atoms. The summed E-state index contributed by atoms with van der Waals surface area (Å²) in [5.74, 6) is -3.24. The number of phenols is 1. The maximum absolute atomic E-state index is 10.6. The third kappa shape index (κ3) is 17.2. The van der Waals surface area contributed by atoms with Gasteiger partial charge in [-0.2, -0.15) is 0 Å². The topological polar surface area (TPSA) is 181 Å². The van der Waals surface area contributed by atoms with Gasteiger partial charge in [0.2, 0.25) is 0 Å². The van der Waals surface area contributed by atoms with Crippen LogP contribution in [0.15, 0.2) is 91.0 Å². The van der Waals surface area contributed by atoms with Crippen LogP contribution in [0.3, 0.4) is 0 Å². The molecule has 0 aliphatic rings. The van der Waals surface area contributed by atoms with E-state index in [0.29, 0.717) is 11.1 Å². The number of benzene rings is 3. The fourth-order valence-corrected chi connectivity index (χ4v) is 2.24. The van der Waals surface area contributed by atoms with Crippen LogP contribution in [0, 0.1) is 41.7 Å². The number of rotatable bonds is 6. The van der Waals surface area contributed by atoms with Gasteiger partial charge in [0.15, 0.2) is 0 Å². The van der Waals surface area contributed by atoms with E-state index in [1.165, 1.54) is 54.6 Å². The van der Waals surface area contributed by atoms with Crippen molar-refractivity contribution in [2.45, 2.75) is 0 Å². The molecule has 3 aromatic carbocycles. The number of hydrogen-bond acceptors (Lipinski definition) is 7. The molecular weight excluding hydrogens is 608 g/mol. The molecule has 0 aliphatic heterocycles. The Hall–Kier alpha value is -3.93. The minimum atomic E-state index is -1.25. The fourth-order valence-electron chi connectivity index (χ4n) is 2.24. The van der Waals surface area contributed by atoms with Crippen LogP contribution in [0.5, 0.6) is 17.2 Å². The summed E-state index contributed by atoms with van der Waals surface area (Å²) in [5, 5.41) is 56.7. The number of carbonyl (C=O) groups excluding carboxylic acids is 1. The molecule has 1 radical (unpaired) electrons. The largest absolute Gasteiger partial charge is 3.00 e. The first-order valence-corrected chi connectivity index (χ1v) is 10.1. The molecule has 0 aromatic heterocycles. The van der Waals surface area contributed by atoms with Crippen LogP contribution in [0.4, 0.5) is 0 Å². The van der Waals surface area contributed by atoms with E-state index < -0.39 is 17.9 Å².